The maximum atomic E-state index is 5.68. The molecule has 1 fully saturated rings. The van der Waals surface area contributed by atoms with Gasteiger partial charge in [0.15, 0.2) is 0 Å². The van der Waals surface area contributed by atoms with Gasteiger partial charge in [-0.25, -0.2) is 0 Å². The third-order valence-electron chi connectivity index (χ3n) is 3.70. The largest absolute Gasteiger partial charge is 0.364 e. The van der Waals surface area contributed by atoms with Crippen molar-refractivity contribution in [2.24, 2.45) is 0 Å². The molecule has 0 N–H and O–H groups in total. The zero-order valence-corrected chi connectivity index (χ0v) is 12.0. The maximum absolute atomic E-state index is 5.68. The molecule has 0 bridgehead atoms. The Balaban J connectivity index is 1.85. The van der Waals surface area contributed by atoms with Gasteiger partial charge in [0.1, 0.15) is 5.60 Å². The van der Waals surface area contributed by atoms with Gasteiger partial charge in [-0.2, -0.15) is 0 Å². The van der Waals surface area contributed by atoms with Crippen LogP contribution in [0.25, 0.3) is 11.3 Å². The van der Waals surface area contributed by atoms with E-state index in [2.05, 4.69) is 48.0 Å². The van der Waals surface area contributed by atoms with Crippen molar-refractivity contribution >= 4 is 0 Å². The third-order valence-corrected chi connectivity index (χ3v) is 3.70. The normalized spacial score (nSPS) is 20.7. The van der Waals surface area contributed by atoms with Crippen LogP contribution in [-0.2, 0) is 10.3 Å². The molecule has 2 aromatic rings. The van der Waals surface area contributed by atoms with Crippen molar-refractivity contribution in [2.45, 2.75) is 25.9 Å². The van der Waals surface area contributed by atoms with Crippen LogP contribution in [0.1, 0.15) is 24.5 Å². The second kappa shape index (κ2) is 4.88. The van der Waals surface area contributed by atoms with E-state index in [-0.39, 0.29) is 5.60 Å². The zero-order chi connectivity index (χ0) is 14.2. The molecular weight excluding hydrogens is 246 g/mol. The summed E-state index contributed by atoms with van der Waals surface area (Å²) in [5, 5.41) is 0. The van der Waals surface area contributed by atoms with Crippen molar-refractivity contribution in [1.82, 2.24) is 4.98 Å². The molecule has 1 aliphatic rings. The van der Waals surface area contributed by atoms with Crippen LogP contribution in [0.15, 0.2) is 54.7 Å². The molecule has 1 saturated heterocycles. The lowest BCUT2D eigenvalue weighted by Gasteiger charge is -2.12. The van der Waals surface area contributed by atoms with Crippen LogP contribution in [-0.4, -0.2) is 11.6 Å². The zero-order valence-electron chi connectivity index (χ0n) is 12.0. The molecule has 1 aromatic heterocycles. The van der Waals surface area contributed by atoms with E-state index in [0.29, 0.717) is 0 Å². The second-order valence-corrected chi connectivity index (χ2v) is 5.71. The van der Waals surface area contributed by atoms with Crippen LogP contribution >= 0.6 is 0 Å². The highest BCUT2D eigenvalue weighted by Crippen LogP contribution is 2.44. The number of rotatable bonds is 4. The number of hydrogen-bond donors (Lipinski definition) is 0. The highest BCUT2D eigenvalue weighted by atomic mass is 16.6. The van der Waals surface area contributed by atoms with E-state index in [0.717, 1.165) is 29.9 Å². The van der Waals surface area contributed by atoms with Gasteiger partial charge in [0, 0.05) is 18.2 Å². The Morgan fingerprint density at radius 1 is 1.25 bits per heavy atom. The molecule has 1 unspecified atom stereocenters. The van der Waals surface area contributed by atoms with Crippen molar-refractivity contribution in [3.05, 3.63) is 65.9 Å². The molecule has 0 amide bonds. The van der Waals surface area contributed by atoms with Crippen molar-refractivity contribution in [3.63, 3.8) is 0 Å². The van der Waals surface area contributed by atoms with Gasteiger partial charge in [-0.05, 0) is 31.0 Å². The molecule has 0 aliphatic carbocycles. The van der Waals surface area contributed by atoms with Gasteiger partial charge in [-0.1, -0.05) is 35.9 Å². The summed E-state index contributed by atoms with van der Waals surface area (Å²) in [5.41, 5.74) is 5.60. The van der Waals surface area contributed by atoms with E-state index in [4.69, 9.17) is 4.74 Å². The standard InChI is InChI=1S/C18H19NO/c1-13(2)10-18(12-20-18)16-7-5-15(6-8-16)17-9-4-14(3)11-19-17/h4-9,11H,1,10,12H2,2-3H3. The Bertz CT molecular complexity index is 621. The molecule has 3 rings (SSSR count). The minimum atomic E-state index is -0.120. The van der Waals surface area contributed by atoms with Gasteiger partial charge in [0.2, 0.25) is 0 Å². The van der Waals surface area contributed by atoms with Gasteiger partial charge >= 0.3 is 0 Å². The van der Waals surface area contributed by atoms with Crippen molar-refractivity contribution in [2.75, 3.05) is 6.61 Å². The van der Waals surface area contributed by atoms with Crippen LogP contribution in [0.2, 0.25) is 0 Å². The van der Waals surface area contributed by atoms with Crippen LogP contribution < -0.4 is 0 Å². The molecule has 2 heterocycles. The average Bonchev–Trinajstić information content (AvgIpc) is 3.20. The van der Waals surface area contributed by atoms with Gasteiger partial charge in [-0.15, -0.1) is 6.58 Å². The number of nitrogens with zero attached hydrogens (tertiary/aromatic N) is 1. The lowest BCUT2D eigenvalue weighted by molar-refractivity contribution is 0.306. The Morgan fingerprint density at radius 3 is 2.45 bits per heavy atom. The molecule has 0 saturated carbocycles. The Labute approximate surface area is 120 Å². The minimum Gasteiger partial charge on any atom is -0.364 e. The molecule has 2 heteroatoms. The van der Waals surface area contributed by atoms with Crippen LogP contribution in [0, 0.1) is 6.92 Å². The monoisotopic (exact) mass is 265 g/mol. The van der Waals surface area contributed by atoms with E-state index in [1.54, 1.807) is 0 Å². The van der Waals surface area contributed by atoms with Crippen LogP contribution in [0.5, 0.6) is 0 Å². The van der Waals surface area contributed by atoms with Crippen LogP contribution in [0.3, 0.4) is 0 Å². The first-order valence-electron chi connectivity index (χ1n) is 6.91. The number of aromatic nitrogens is 1. The predicted octanol–water partition coefficient (Wildman–Crippen LogP) is 4.25. The molecule has 2 nitrogen and oxygen atoms in total. The van der Waals surface area contributed by atoms with E-state index < -0.39 is 0 Å². The fourth-order valence-corrected chi connectivity index (χ4v) is 2.53. The molecule has 102 valence electrons. The first kappa shape index (κ1) is 13.1. The SMILES string of the molecule is C=C(C)CC1(c2ccc(-c3ccc(C)cn3)cc2)CO1. The smallest absolute Gasteiger partial charge is 0.120 e. The molecule has 1 atom stereocenters. The fourth-order valence-electron chi connectivity index (χ4n) is 2.53. The topological polar surface area (TPSA) is 25.4 Å². The first-order chi connectivity index (χ1) is 9.59. The van der Waals surface area contributed by atoms with Crippen molar-refractivity contribution in [3.8, 4) is 11.3 Å². The summed E-state index contributed by atoms with van der Waals surface area (Å²) in [7, 11) is 0. The Hall–Kier alpha value is -1.93. The Kier molecular flexibility index (Phi) is 3.19. The molecule has 1 aliphatic heterocycles. The number of hydrogen-bond acceptors (Lipinski definition) is 2. The van der Waals surface area contributed by atoms with Gasteiger partial charge in [0.05, 0.1) is 12.3 Å². The Morgan fingerprint density at radius 2 is 1.95 bits per heavy atom. The number of ether oxygens (including phenoxy) is 1. The maximum Gasteiger partial charge on any atom is 0.120 e. The van der Waals surface area contributed by atoms with Crippen molar-refractivity contribution in [1.29, 1.82) is 0 Å². The number of epoxide rings is 1. The highest BCUT2D eigenvalue weighted by Gasteiger charge is 2.45. The fraction of sp³-hybridized carbons (Fsp3) is 0.278. The predicted molar refractivity (Wildman–Crippen MR) is 81.5 cm³/mol. The summed E-state index contributed by atoms with van der Waals surface area (Å²) in [5.74, 6) is 0. The quantitative estimate of drug-likeness (QED) is 0.610. The van der Waals surface area contributed by atoms with E-state index >= 15 is 0 Å². The molecule has 0 radical (unpaired) electrons. The summed E-state index contributed by atoms with van der Waals surface area (Å²) >= 11 is 0. The third kappa shape index (κ3) is 2.52. The lowest BCUT2D eigenvalue weighted by Crippen LogP contribution is -2.08. The van der Waals surface area contributed by atoms with E-state index in [1.807, 2.05) is 20.0 Å². The summed E-state index contributed by atoms with van der Waals surface area (Å²) in [6.07, 6.45) is 2.80. The highest BCUT2D eigenvalue weighted by molar-refractivity contribution is 5.59. The summed E-state index contributed by atoms with van der Waals surface area (Å²) < 4.78 is 5.68. The minimum absolute atomic E-state index is 0.120. The summed E-state index contributed by atoms with van der Waals surface area (Å²) in [6.45, 7) is 8.88. The van der Waals surface area contributed by atoms with Gasteiger partial charge in [-0.3, -0.25) is 4.98 Å². The lowest BCUT2D eigenvalue weighted by atomic mass is 9.92. The number of benzene rings is 1. The molecule has 20 heavy (non-hydrogen) atoms. The first-order valence-corrected chi connectivity index (χ1v) is 6.91. The van der Waals surface area contributed by atoms with Gasteiger partial charge in [0.25, 0.3) is 0 Å². The summed E-state index contributed by atoms with van der Waals surface area (Å²) in [4.78, 5) is 4.46. The van der Waals surface area contributed by atoms with E-state index in [1.165, 1.54) is 11.1 Å². The number of pyridine rings is 1. The molecular formula is C18H19NO. The summed E-state index contributed by atoms with van der Waals surface area (Å²) in [6, 6.07) is 12.7. The molecule has 1 aromatic carbocycles. The molecule has 0 spiro atoms. The second-order valence-electron chi connectivity index (χ2n) is 5.71. The van der Waals surface area contributed by atoms with E-state index in [9.17, 15) is 0 Å². The number of aryl methyl sites for hydroxylation is 1. The van der Waals surface area contributed by atoms with Gasteiger partial charge < -0.3 is 4.74 Å². The van der Waals surface area contributed by atoms with Crippen LogP contribution in [0.4, 0.5) is 0 Å². The van der Waals surface area contributed by atoms with Crippen molar-refractivity contribution < 1.29 is 4.74 Å². The average molecular weight is 265 g/mol.